The third-order valence-corrected chi connectivity index (χ3v) is 6.20. The molecule has 1 N–H and O–H groups in total. The predicted octanol–water partition coefficient (Wildman–Crippen LogP) is 5.29. The Morgan fingerprint density at radius 2 is 1.71 bits per heavy atom. The van der Waals surface area contributed by atoms with Gasteiger partial charge in [-0.15, -0.1) is 0 Å². The Labute approximate surface area is 201 Å². The Hall–Kier alpha value is -3.57. The second-order valence-electron chi connectivity index (χ2n) is 8.59. The van der Waals surface area contributed by atoms with E-state index in [4.69, 9.17) is 9.47 Å². The van der Waals surface area contributed by atoms with Crippen LogP contribution in [-0.4, -0.2) is 37.8 Å². The fraction of sp³-hybridized carbons (Fsp3) is 0.276. The second kappa shape index (κ2) is 11.0. The Morgan fingerprint density at radius 3 is 2.41 bits per heavy atom. The molecule has 1 aromatic heterocycles. The number of rotatable bonds is 10. The summed E-state index contributed by atoms with van der Waals surface area (Å²) in [7, 11) is 3.30. The number of carbonyl (C=O) groups is 1. The van der Waals surface area contributed by atoms with Gasteiger partial charge in [0.2, 0.25) is 5.91 Å². The topological polar surface area (TPSA) is 52.5 Å². The molecular weight excluding hydrogens is 424 g/mol. The highest BCUT2D eigenvalue weighted by atomic mass is 16.5. The van der Waals surface area contributed by atoms with Crippen molar-refractivity contribution >= 4 is 16.8 Å². The number of nitrogens with zero attached hydrogens (tertiary/aromatic N) is 1. The van der Waals surface area contributed by atoms with Crippen LogP contribution in [0.15, 0.2) is 79.0 Å². The Bertz CT molecular complexity index is 1230. The molecule has 1 heterocycles. The van der Waals surface area contributed by atoms with Gasteiger partial charge in [0.15, 0.2) is 0 Å². The lowest BCUT2D eigenvalue weighted by Crippen LogP contribution is -2.28. The summed E-state index contributed by atoms with van der Waals surface area (Å²) in [4.78, 5) is 12.9. The van der Waals surface area contributed by atoms with Crippen LogP contribution in [0.4, 0.5) is 0 Å². The maximum atomic E-state index is 12.9. The van der Waals surface area contributed by atoms with E-state index >= 15 is 0 Å². The molecule has 0 aliphatic carbocycles. The van der Waals surface area contributed by atoms with Crippen molar-refractivity contribution in [2.45, 2.75) is 25.8 Å². The molecule has 0 spiro atoms. The molecular formula is C29H32N2O3. The molecule has 1 unspecified atom stereocenters. The van der Waals surface area contributed by atoms with Gasteiger partial charge in [-0.2, -0.15) is 0 Å². The van der Waals surface area contributed by atoms with Crippen LogP contribution in [-0.2, 0) is 16.1 Å². The molecule has 0 saturated heterocycles. The van der Waals surface area contributed by atoms with Crippen molar-refractivity contribution in [1.82, 2.24) is 9.88 Å². The zero-order valence-corrected chi connectivity index (χ0v) is 20.1. The predicted molar refractivity (Wildman–Crippen MR) is 137 cm³/mol. The fourth-order valence-electron chi connectivity index (χ4n) is 4.37. The molecule has 4 rings (SSSR count). The zero-order chi connectivity index (χ0) is 23.9. The average Bonchev–Trinajstić information content (AvgIpc) is 3.22. The SMILES string of the molecule is COCCNC(=O)CC(c1ccc(OC)cc1)c1cn(Cc2ccc(C)cc2)c2ccccc12. The van der Waals surface area contributed by atoms with Crippen LogP contribution in [0.1, 0.15) is 34.6 Å². The number of carbonyl (C=O) groups excluding carboxylic acids is 1. The lowest BCUT2D eigenvalue weighted by Gasteiger charge is -2.18. The van der Waals surface area contributed by atoms with Gasteiger partial charge in [-0.05, 0) is 41.8 Å². The van der Waals surface area contributed by atoms with E-state index in [0.717, 1.165) is 28.9 Å². The summed E-state index contributed by atoms with van der Waals surface area (Å²) in [6.07, 6.45) is 2.57. The summed E-state index contributed by atoms with van der Waals surface area (Å²) in [5.74, 6) is 0.722. The molecule has 176 valence electrons. The summed E-state index contributed by atoms with van der Waals surface area (Å²) in [5, 5.41) is 4.15. The van der Waals surface area contributed by atoms with Gasteiger partial charge in [0.05, 0.1) is 13.7 Å². The first kappa shape index (κ1) is 23.6. The Balaban J connectivity index is 1.73. The third-order valence-electron chi connectivity index (χ3n) is 6.20. The number of nitrogens with one attached hydrogen (secondary N) is 1. The molecule has 5 nitrogen and oxygen atoms in total. The van der Waals surface area contributed by atoms with Gasteiger partial charge in [0.1, 0.15) is 5.75 Å². The van der Waals surface area contributed by atoms with Gasteiger partial charge < -0.3 is 19.4 Å². The molecule has 0 aliphatic rings. The van der Waals surface area contributed by atoms with E-state index in [-0.39, 0.29) is 11.8 Å². The van der Waals surface area contributed by atoms with Crippen molar-refractivity contribution in [3.05, 3.63) is 101 Å². The van der Waals surface area contributed by atoms with E-state index in [0.29, 0.717) is 19.6 Å². The van der Waals surface area contributed by atoms with Gasteiger partial charge >= 0.3 is 0 Å². The van der Waals surface area contributed by atoms with Crippen LogP contribution >= 0.6 is 0 Å². The average molecular weight is 457 g/mol. The minimum atomic E-state index is -0.0855. The molecule has 3 aromatic carbocycles. The maximum Gasteiger partial charge on any atom is 0.221 e. The van der Waals surface area contributed by atoms with Crippen molar-refractivity contribution < 1.29 is 14.3 Å². The summed E-state index contributed by atoms with van der Waals surface area (Å²) >= 11 is 0. The maximum absolute atomic E-state index is 12.9. The van der Waals surface area contributed by atoms with Crippen molar-refractivity contribution in [2.24, 2.45) is 0 Å². The van der Waals surface area contributed by atoms with Gasteiger partial charge in [0.25, 0.3) is 0 Å². The number of aromatic nitrogens is 1. The van der Waals surface area contributed by atoms with Crippen molar-refractivity contribution in [1.29, 1.82) is 0 Å². The lowest BCUT2D eigenvalue weighted by molar-refractivity contribution is -0.121. The third kappa shape index (κ3) is 5.49. The fourth-order valence-corrected chi connectivity index (χ4v) is 4.37. The summed E-state index contributed by atoms with van der Waals surface area (Å²) in [6.45, 7) is 3.87. The van der Waals surface area contributed by atoms with E-state index in [2.05, 4.69) is 83.7 Å². The second-order valence-corrected chi connectivity index (χ2v) is 8.59. The molecule has 0 bridgehead atoms. The molecule has 4 aromatic rings. The first-order valence-electron chi connectivity index (χ1n) is 11.6. The molecule has 5 heteroatoms. The van der Waals surface area contributed by atoms with Crippen LogP contribution < -0.4 is 10.1 Å². The molecule has 34 heavy (non-hydrogen) atoms. The minimum Gasteiger partial charge on any atom is -0.497 e. The van der Waals surface area contributed by atoms with E-state index in [1.807, 2.05) is 12.1 Å². The normalized spacial score (nSPS) is 12.0. The van der Waals surface area contributed by atoms with Crippen molar-refractivity contribution in [3.8, 4) is 5.75 Å². The first-order chi connectivity index (χ1) is 16.6. The highest BCUT2D eigenvalue weighted by Crippen LogP contribution is 2.35. The quantitative estimate of drug-likeness (QED) is 0.330. The summed E-state index contributed by atoms with van der Waals surface area (Å²) < 4.78 is 12.7. The van der Waals surface area contributed by atoms with Gasteiger partial charge in [-0.25, -0.2) is 0 Å². The highest BCUT2D eigenvalue weighted by molar-refractivity contribution is 5.86. The smallest absolute Gasteiger partial charge is 0.221 e. The van der Waals surface area contributed by atoms with E-state index < -0.39 is 0 Å². The molecule has 0 fully saturated rings. The van der Waals surface area contributed by atoms with Crippen molar-refractivity contribution in [2.75, 3.05) is 27.4 Å². The van der Waals surface area contributed by atoms with Crippen LogP contribution in [0.2, 0.25) is 0 Å². The number of hydrogen-bond donors (Lipinski definition) is 1. The first-order valence-corrected chi connectivity index (χ1v) is 11.6. The Morgan fingerprint density at radius 1 is 0.971 bits per heavy atom. The van der Waals surface area contributed by atoms with Gasteiger partial charge in [-0.3, -0.25) is 4.79 Å². The minimum absolute atomic E-state index is 0.00762. The molecule has 0 radical (unpaired) electrons. The van der Waals surface area contributed by atoms with Crippen LogP contribution in [0.3, 0.4) is 0 Å². The molecule has 1 amide bonds. The van der Waals surface area contributed by atoms with Crippen LogP contribution in [0.25, 0.3) is 10.9 Å². The van der Waals surface area contributed by atoms with Crippen LogP contribution in [0.5, 0.6) is 5.75 Å². The summed E-state index contributed by atoms with van der Waals surface area (Å²) in [5.41, 5.74) is 5.89. The van der Waals surface area contributed by atoms with Crippen molar-refractivity contribution in [3.63, 3.8) is 0 Å². The molecule has 1 atom stereocenters. The monoisotopic (exact) mass is 456 g/mol. The highest BCUT2D eigenvalue weighted by Gasteiger charge is 2.23. The number of fused-ring (bicyclic) bond motifs is 1. The van der Waals surface area contributed by atoms with E-state index in [1.54, 1.807) is 14.2 Å². The molecule has 0 aliphatic heterocycles. The standard InChI is InChI=1S/C29H32N2O3/c1-21-8-10-22(11-9-21)19-31-20-27(25-6-4-5-7-28(25)31)26(18-29(32)30-16-17-33-2)23-12-14-24(34-3)15-13-23/h4-15,20,26H,16-19H2,1-3H3,(H,30,32). The van der Waals surface area contributed by atoms with E-state index in [1.165, 1.54) is 16.5 Å². The van der Waals surface area contributed by atoms with Gasteiger partial charge in [-0.1, -0.05) is 60.2 Å². The zero-order valence-electron chi connectivity index (χ0n) is 20.1. The number of hydrogen-bond acceptors (Lipinski definition) is 3. The number of amides is 1. The van der Waals surface area contributed by atoms with E-state index in [9.17, 15) is 4.79 Å². The lowest BCUT2D eigenvalue weighted by atomic mass is 9.88. The van der Waals surface area contributed by atoms with Crippen LogP contribution in [0, 0.1) is 6.92 Å². The number of benzene rings is 3. The van der Waals surface area contributed by atoms with Gasteiger partial charge in [0, 0.05) is 49.6 Å². The number of methoxy groups -OCH3 is 2. The largest absolute Gasteiger partial charge is 0.497 e. The Kier molecular flexibility index (Phi) is 7.65. The molecule has 0 saturated carbocycles. The number of aryl methyl sites for hydroxylation is 1. The summed E-state index contributed by atoms with van der Waals surface area (Å²) in [6, 6.07) is 25.1. The number of para-hydroxylation sites is 1. The number of ether oxygens (including phenoxy) is 2.